The van der Waals surface area contributed by atoms with Gasteiger partial charge >= 0.3 is 0 Å². The van der Waals surface area contributed by atoms with Crippen molar-refractivity contribution in [3.8, 4) is 0 Å². The summed E-state index contributed by atoms with van der Waals surface area (Å²) >= 11 is 0. The molecule has 0 saturated carbocycles. The summed E-state index contributed by atoms with van der Waals surface area (Å²) in [6.07, 6.45) is 0. The molecule has 0 aliphatic rings. The van der Waals surface area contributed by atoms with E-state index in [1.165, 1.54) is 16.7 Å². The number of hydrogen-bond donors (Lipinski definition) is 1. The lowest BCUT2D eigenvalue weighted by Crippen LogP contribution is -2.46. The molecule has 0 aliphatic heterocycles. The third kappa shape index (κ3) is 2.83. The first kappa shape index (κ1) is 13.2. The average Bonchev–Trinajstić information content (AvgIpc) is 2.08. The fourth-order valence-electron chi connectivity index (χ4n) is 2.40. The van der Waals surface area contributed by atoms with Gasteiger partial charge < -0.3 is 10.6 Å². The molecule has 0 bridgehead atoms. The minimum Gasteiger partial charge on any atom is -0.324 e. The number of aryl methyl sites for hydroxylation is 2. The van der Waals surface area contributed by atoms with Gasteiger partial charge in [0.15, 0.2) is 0 Å². The maximum Gasteiger partial charge on any atom is 0.0520 e. The van der Waals surface area contributed by atoms with Crippen LogP contribution in [0.15, 0.2) is 18.2 Å². The minimum absolute atomic E-state index is 0.243. The SMILES string of the molecule is Cc1ccc(C)c(C(N(C)C)C(C)(C)N)c1. The van der Waals surface area contributed by atoms with Crippen LogP contribution in [-0.4, -0.2) is 24.5 Å². The van der Waals surface area contributed by atoms with Gasteiger partial charge in [-0.1, -0.05) is 23.8 Å². The van der Waals surface area contributed by atoms with Gasteiger partial charge in [-0.15, -0.1) is 0 Å². The molecule has 2 N–H and O–H groups in total. The predicted molar refractivity (Wildman–Crippen MR) is 70.6 cm³/mol. The molecule has 2 nitrogen and oxygen atoms in total. The summed E-state index contributed by atoms with van der Waals surface area (Å²) in [5.74, 6) is 0. The van der Waals surface area contributed by atoms with E-state index in [0.717, 1.165) is 0 Å². The average molecular weight is 220 g/mol. The van der Waals surface area contributed by atoms with Gasteiger partial charge in [0.2, 0.25) is 0 Å². The zero-order valence-electron chi connectivity index (χ0n) is 11.3. The predicted octanol–water partition coefficient (Wildman–Crippen LogP) is 2.64. The molecule has 1 unspecified atom stereocenters. The third-order valence-electron chi connectivity index (χ3n) is 2.95. The summed E-state index contributed by atoms with van der Waals surface area (Å²) in [6, 6.07) is 6.81. The van der Waals surface area contributed by atoms with Gasteiger partial charge in [0.1, 0.15) is 0 Å². The molecule has 0 amide bonds. The Labute approximate surface area is 99.5 Å². The highest BCUT2D eigenvalue weighted by atomic mass is 15.1. The van der Waals surface area contributed by atoms with Crippen molar-refractivity contribution in [2.24, 2.45) is 5.73 Å². The molecule has 0 spiro atoms. The molecule has 0 aromatic heterocycles. The first-order valence-electron chi connectivity index (χ1n) is 5.76. The molecule has 90 valence electrons. The zero-order chi connectivity index (χ0) is 12.5. The van der Waals surface area contributed by atoms with Crippen LogP contribution in [0, 0.1) is 13.8 Å². The third-order valence-corrected chi connectivity index (χ3v) is 2.95. The van der Waals surface area contributed by atoms with E-state index in [0.29, 0.717) is 0 Å². The second kappa shape index (κ2) is 4.56. The van der Waals surface area contributed by atoms with E-state index in [-0.39, 0.29) is 11.6 Å². The quantitative estimate of drug-likeness (QED) is 0.848. The summed E-state index contributed by atoms with van der Waals surface area (Å²) in [6.45, 7) is 8.44. The van der Waals surface area contributed by atoms with Crippen molar-refractivity contribution in [1.82, 2.24) is 4.90 Å². The first-order chi connectivity index (χ1) is 7.23. The number of likely N-dealkylation sites (N-methyl/N-ethyl adjacent to an activating group) is 1. The Balaban J connectivity index is 3.26. The van der Waals surface area contributed by atoms with E-state index < -0.39 is 0 Å². The van der Waals surface area contributed by atoms with Crippen LogP contribution in [0.3, 0.4) is 0 Å². The van der Waals surface area contributed by atoms with Crippen molar-refractivity contribution < 1.29 is 0 Å². The summed E-state index contributed by atoms with van der Waals surface area (Å²) in [5.41, 5.74) is 9.97. The monoisotopic (exact) mass is 220 g/mol. The van der Waals surface area contributed by atoms with Gasteiger partial charge in [0, 0.05) is 5.54 Å². The van der Waals surface area contributed by atoms with Gasteiger partial charge in [-0.05, 0) is 52.9 Å². The number of hydrogen-bond acceptors (Lipinski definition) is 2. The minimum atomic E-state index is -0.248. The van der Waals surface area contributed by atoms with Crippen molar-refractivity contribution in [2.45, 2.75) is 39.3 Å². The van der Waals surface area contributed by atoms with Crippen LogP contribution in [-0.2, 0) is 0 Å². The topological polar surface area (TPSA) is 29.3 Å². The Bertz CT molecular complexity index is 361. The molecular formula is C14H24N2. The molecule has 0 aliphatic carbocycles. The molecule has 0 radical (unpaired) electrons. The summed E-state index contributed by atoms with van der Waals surface area (Å²) in [7, 11) is 4.17. The van der Waals surface area contributed by atoms with Crippen LogP contribution in [0.25, 0.3) is 0 Å². The molecule has 1 aromatic rings. The van der Waals surface area contributed by atoms with E-state index in [4.69, 9.17) is 5.73 Å². The van der Waals surface area contributed by atoms with Crippen LogP contribution in [0.5, 0.6) is 0 Å². The zero-order valence-corrected chi connectivity index (χ0v) is 11.3. The number of nitrogens with two attached hydrogens (primary N) is 1. The molecule has 1 rings (SSSR count). The highest BCUT2D eigenvalue weighted by Gasteiger charge is 2.29. The highest BCUT2D eigenvalue weighted by molar-refractivity contribution is 5.34. The van der Waals surface area contributed by atoms with Crippen LogP contribution >= 0.6 is 0 Å². The lowest BCUT2D eigenvalue weighted by molar-refractivity contribution is 0.204. The maximum absolute atomic E-state index is 6.29. The van der Waals surface area contributed by atoms with Crippen molar-refractivity contribution in [3.63, 3.8) is 0 Å². The van der Waals surface area contributed by atoms with Crippen molar-refractivity contribution in [1.29, 1.82) is 0 Å². The first-order valence-corrected chi connectivity index (χ1v) is 5.76. The van der Waals surface area contributed by atoms with Gasteiger partial charge in [-0.25, -0.2) is 0 Å². The molecule has 0 fully saturated rings. The van der Waals surface area contributed by atoms with Crippen molar-refractivity contribution in [3.05, 3.63) is 34.9 Å². The molecule has 16 heavy (non-hydrogen) atoms. The second-order valence-electron chi connectivity index (χ2n) is 5.55. The summed E-state index contributed by atoms with van der Waals surface area (Å²) in [5, 5.41) is 0. The summed E-state index contributed by atoms with van der Waals surface area (Å²) in [4.78, 5) is 2.20. The number of benzene rings is 1. The van der Waals surface area contributed by atoms with Gasteiger partial charge in [-0.3, -0.25) is 0 Å². The standard InChI is InChI=1S/C14H24N2/c1-10-7-8-11(2)12(9-10)13(16(5)6)14(3,4)15/h7-9,13H,15H2,1-6H3. The Morgan fingerprint density at radius 1 is 1.19 bits per heavy atom. The lowest BCUT2D eigenvalue weighted by Gasteiger charge is -2.37. The van der Waals surface area contributed by atoms with Gasteiger partial charge in [-0.2, -0.15) is 0 Å². The molecule has 0 heterocycles. The Kier molecular flexibility index (Phi) is 3.76. The normalized spacial score (nSPS) is 14.2. The molecular weight excluding hydrogens is 196 g/mol. The Morgan fingerprint density at radius 2 is 1.75 bits per heavy atom. The Hall–Kier alpha value is -0.860. The highest BCUT2D eigenvalue weighted by Crippen LogP contribution is 2.30. The van der Waals surface area contributed by atoms with E-state index >= 15 is 0 Å². The summed E-state index contributed by atoms with van der Waals surface area (Å²) < 4.78 is 0. The molecule has 2 heteroatoms. The van der Waals surface area contributed by atoms with E-state index in [1.54, 1.807) is 0 Å². The van der Waals surface area contributed by atoms with Crippen LogP contribution in [0.4, 0.5) is 0 Å². The van der Waals surface area contributed by atoms with E-state index in [2.05, 4.69) is 64.9 Å². The molecule has 1 atom stereocenters. The van der Waals surface area contributed by atoms with Crippen LogP contribution < -0.4 is 5.73 Å². The van der Waals surface area contributed by atoms with Crippen molar-refractivity contribution >= 4 is 0 Å². The van der Waals surface area contributed by atoms with Gasteiger partial charge in [0.05, 0.1) is 6.04 Å². The van der Waals surface area contributed by atoms with E-state index in [1.807, 2.05) is 0 Å². The number of rotatable bonds is 3. The van der Waals surface area contributed by atoms with Gasteiger partial charge in [0.25, 0.3) is 0 Å². The van der Waals surface area contributed by atoms with Crippen LogP contribution in [0.1, 0.15) is 36.6 Å². The number of nitrogens with zero attached hydrogens (tertiary/aromatic N) is 1. The lowest BCUT2D eigenvalue weighted by atomic mass is 9.86. The molecule has 1 aromatic carbocycles. The Morgan fingerprint density at radius 3 is 2.19 bits per heavy atom. The smallest absolute Gasteiger partial charge is 0.0520 e. The largest absolute Gasteiger partial charge is 0.324 e. The second-order valence-corrected chi connectivity index (χ2v) is 5.55. The van der Waals surface area contributed by atoms with Crippen molar-refractivity contribution in [2.75, 3.05) is 14.1 Å². The fourth-order valence-corrected chi connectivity index (χ4v) is 2.40. The fraction of sp³-hybridized carbons (Fsp3) is 0.571. The van der Waals surface area contributed by atoms with Crippen LogP contribution in [0.2, 0.25) is 0 Å². The molecule has 0 saturated heterocycles. The maximum atomic E-state index is 6.29. The van der Waals surface area contributed by atoms with E-state index in [9.17, 15) is 0 Å².